The lowest BCUT2D eigenvalue weighted by Gasteiger charge is -2.38. The van der Waals surface area contributed by atoms with Crippen molar-refractivity contribution in [1.29, 1.82) is 5.41 Å². The fraction of sp³-hybridized carbons (Fsp3) is 0.500. The van der Waals surface area contributed by atoms with Gasteiger partial charge in [-0.25, -0.2) is 19.9 Å². The normalized spacial score (nSPS) is 17.6. The summed E-state index contributed by atoms with van der Waals surface area (Å²) in [5, 5.41) is 14.2. The van der Waals surface area contributed by atoms with Gasteiger partial charge in [0.05, 0.1) is 6.20 Å². The molecule has 12 nitrogen and oxygen atoms in total. The van der Waals surface area contributed by atoms with Crippen LogP contribution in [0, 0.1) is 23.7 Å². The summed E-state index contributed by atoms with van der Waals surface area (Å²) >= 11 is 0. The van der Waals surface area contributed by atoms with Crippen molar-refractivity contribution >= 4 is 40.2 Å². The Hall–Kier alpha value is -4.16. The monoisotopic (exact) mass is 599 g/mol. The standard InChI is InChI=1S/C32H45N11O/c1-21-6-7-23(30(44)39-27(34)17-26(33)32(2,3)4)16-24(21)38-29-28-25(36-20-37-29)18-35-31(40-28)43-14-12-42(13-15-43)19-22-8-10-41(5)11-9-22/h6-7,16-18,20,22H,8-15,19,33H2,1-5H3,(H2,34,39,44)(H,36,37,38). The van der Waals surface area contributed by atoms with E-state index in [9.17, 15) is 4.79 Å². The Labute approximate surface area is 259 Å². The van der Waals surface area contributed by atoms with Crippen molar-refractivity contribution in [1.82, 2.24) is 35.1 Å². The highest BCUT2D eigenvalue weighted by Gasteiger charge is 2.24. The average Bonchev–Trinajstić information content (AvgIpc) is 2.99. The van der Waals surface area contributed by atoms with Gasteiger partial charge in [-0.15, -0.1) is 0 Å². The fourth-order valence-electron chi connectivity index (χ4n) is 5.46. The number of carbonyl (C=O) groups is 1. The van der Waals surface area contributed by atoms with Gasteiger partial charge in [-0.05, 0) is 69.6 Å². The van der Waals surface area contributed by atoms with Crippen LogP contribution in [0.5, 0.6) is 0 Å². The van der Waals surface area contributed by atoms with Crippen molar-refractivity contribution in [2.75, 3.05) is 63.1 Å². The van der Waals surface area contributed by atoms with Crippen LogP contribution >= 0.6 is 0 Å². The maximum atomic E-state index is 13.0. The number of allylic oxidation sites excluding steroid dienone is 1. The van der Waals surface area contributed by atoms with Crippen LogP contribution < -0.4 is 21.3 Å². The minimum atomic E-state index is -0.400. The second kappa shape index (κ2) is 13.2. The third kappa shape index (κ3) is 7.67. The summed E-state index contributed by atoms with van der Waals surface area (Å²) in [6, 6.07) is 5.33. The second-order valence-electron chi connectivity index (χ2n) is 13.0. The molecule has 0 bridgehead atoms. The molecule has 2 aromatic heterocycles. The van der Waals surface area contributed by atoms with Gasteiger partial charge >= 0.3 is 0 Å². The maximum Gasteiger partial charge on any atom is 0.256 e. The molecule has 0 spiro atoms. The first-order valence-electron chi connectivity index (χ1n) is 15.3. The van der Waals surface area contributed by atoms with Crippen molar-refractivity contribution in [3.8, 4) is 0 Å². The first-order chi connectivity index (χ1) is 21.0. The third-order valence-electron chi connectivity index (χ3n) is 8.54. The molecule has 5 rings (SSSR count). The molecule has 1 aromatic carbocycles. The SMILES string of the molecule is Cc1ccc(C(=O)NC(=N)C=C(N)C(C)(C)C)cc1Nc1ncnc2cnc(N3CCN(CC4CCN(C)CC4)CC3)nc12. The predicted octanol–water partition coefficient (Wildman–Crippen LogP) is 3.53. The number of hydrogen-bond acceptors (Lipinski definition) is 11. The largest absolute Gasteiger partial charge is 0.401 e. The molecular formula is C32H45N11O. The third-order valence-corrected chi connectivity index (χ3v) is 8.54. The van der Waals surface area contributed by atoms with Gasteiger partial charge < -0.3 is 26.2 Å². The summed E-state index contributed by atoms with van der Waals surface area (Å²) < 4.78 is 0. The van der Waals surface area contributed by atoms with Gasteiger partial charge in [0.15, 0.2) is 5.82 Å². The Morgan fingerprint density at radius 3 is 2.52 bits per heavy atom. The molecule has 3 aromatic rings. The van der Waals surface area contributed by atoms with Crippen LogP contribution in [0.4, 0.5) is 17.5 Å². The summed E-state index contributed by atoms with van der Waals surface area (Å²) in [4.78, 5) is 38.6. The molecule has 0 radical (unpaired) electrons. The highest BCUT2D eigenvalue weighted by Crippen LogP contribution is 2.27. The molecule has 4 heterocycles. The van der Waals surface area contributed by atoms with E-state index in [-0.39, 0.29) is 11.3 Å². The molecule has 44 heavy (non-hydrogen) atoms. The Morgan fingerprint density at radius 2 is 1.82 bits per heavy atom. The number of piperazine rings is 1. The van der Waals surface area contributed by atoms with Crippen LogP contribution in [0.25, 0.3) is 11.0 Å². The number of amidine groups is 1. The number of aromatic nitrogens is 4. The quantitative estimate of drug-likeness (QED) is 0.234. The van der Waals surface area contributed by atoms with E-state index in [1.165, 1.54) is 44.9 Å². The van der Waals surface area contributed by atoms with E-state index in [1.54, 1.807) is 18.3 Å². The number of anilines is 3. The minimum absolute atomic E-state index is 0.0637. The topological polar surface area (TPSA) is 152 Å². The zero-order valence-corrected chi connectivity index (χ0v) is 26.5. The van der Waals surface area contributed by atoms with Crippen LogP contribution in [-0.4, -0.2) is 94.3 Å². The van der Waals surface area contributed by atoms with Gasteiger partial charge in [0.2, 0.25) is 5.95 Å². The molecule has 1 amide bonds. The molecule has 2 saturated heterocycles. The van der Waals surface area contributed by atoms with E-state index in [4.69, 9.17) is 16.1 Å². The number of rotatable bonds is 7. The van der Waals surface area contributed by atoms with Gasteiger partial charge in [-0.1, -0.05) is 26.8 Å². The highest BCUT2D eigenvalue weighted by molar-refractivity contribution is 6.09. The van der Waals surface area contributed by atoms with Gasteiger partial charge in [0, 0.05) is 55.1 Å². The van der Waals surface area contributed by atoms with Crippen LogP contribution in [0.2, 0.25) is 0 Å². The fourth-order valence-corrected chi connectivity index (χ4v) is 5.46. The first kappa shape index (κ1) is 31.3. The molecule has 234 valence electrons. The summed E-state index contributed by atoms with van der Waals surface area (Å²) in [6.07, 6.45) is 7.26. The molecule has 0 unspecified atom stereocenters. The van der Waals surface area contributed by atoms with Gasteiger partial charge in [-0.2, -0.15) is 0 Å². The van der Waals surface area contributed by atoms with Crippen molar-refractivity contribution in [3.63, 3.8) is 0 Å². The van der Waals surface area contributed by atoms with Gasteiger partial charge in [-0.3, -0.25) is 15.1 Å². The smallest absolute Gasteiger partial charge is 0.256 e. The second-order valence-corrected chi connectivity index (χ2v) is 13.0. The molecule has 2 fully saturated rings. The Bertz CT molecular complexity index is 1530. The lowest BCUT2D eigenvalue weighted by molar-refractivity contribution is 0.0977. The number of nitrogens with one attached hydrogen (secondary N) is 3. The zero-order valence-electron chi connectivity index (χ0n) is 26.5. The molecule has 0 aliphatic carbocycles. The average molecular weight is 600 g/mol. The van der Waals surface area contributed by atoms with Crippen molar-refractivity contribution in [3.05, 3.63) is 53.6 Å². The van der Waals surface area contributed by atoms with Crippen LogP contribution in [-0.2, 0) is 0 Å². The van der Waals surface area contributed by atoms with E-state index in [0.717, 1.165) is 37.7 Å². The minimum Gasteiger partial charge on any atom is -0.401 e. The van der Waals surface area contributed by atoms with Crippen molar-refractivity contribution in [2.24, 2.45) is 17.1 Å². The Kier molecular flexibility index (Phi) is 9.40. The molecule has 2 aliphatic heterocycles. The van der Waals surface area contributed by atoms with Gasteiger partial charge in [0.1, 0.15) is 23.2 Å². The number of hydrogen-bond donors (Lipinski definition) is 4. The zero-order chi connectivity index (χ0) is 31.4. The Balaban J connectivity index is 1.27. The molecule has 12 heteroatoms. The van der Waals surface area contributed by atoms with E-state index in [0.29, 0.717) is 39.7 Å². The van der Waals surface area contributed by atoms with E-state index in [2.05, 4.69) is 47.3 Å². The molecule has 5 N–H and O–H groups in total. The maximum absolute atomic E-state index is 13.0. The van der Waals surface area contributed by atoms with E-state index >= 15 is 0 Å². The molecule has 0 saturated carbocycles. The number of amides is 1. The van der Waals surface area contributed by atoms with Crippen molar-refractivity contribution in [2.45, 2.75) is 40.5 Å². The number of carbonyl (C=O) groups excluding carboxylic acids is 1. The lowest BCUT2D eigenvalue weighted by Crippen LogP contribution is -2.49. The number of benzene rings is 1. The summed E-state index contributed by atoms with van der Waals surface area (Å²) in [5.41, 5.74) is 9.57. The van der Waals surface area contributed by atoms with E-state index in [1.807, 2.05) is 33.8 Å². The first-order valence-corrected chi connectivity index (χ1v) is 15.3. The Morgan fingerprint density at radius 1 is 1.09 bits per heavy atom. The summed E-state index contributed by atoms with van der Waals surface area (Å²) in [6.45, 7) is 15.1. The number of piperidine rings is 1. The molecular weight excluding hydrogens is 554 g/mol. The summed E-state index contributed by atoms with van der Waals surface area (Å²) in [5.74, 6) is 1.52. The number of nitrogens with two attached hydrogens (primary N) is 1. The summed E-state index contributed by atoms with van der Waals surface area (Å²) in [7, 11) is 2.21. The van der Waals surface area contributed by atoms with E-state index < -0.39 is 5.91 Å². The number of fused-ring (bicyclic) bond motifs is 1. The number of nitrogens with zero attached hydrogens (tertiary/aromatic N) is 7. The predicted molar refractivity (Wildman–Crippen MR) is 175 cm³/mol. The van der Waals surface area contributed by atoms with Crippen LogP contribution in [0.15, 0.2) is 42.5 Å². The van der Waals surface area contributed by atoms with Crippen LogP contribution in [0.3, 0.4) is 0 Å². The molecule has 2 aliphatic rings. The van der Waals surface area contributed by atoms with Gasteiger partial charge in [0.25, 0.3) is 5.91 Å². The number of likely N-dealkylation sites (tertiary alicyclic amines) is 1. The van der Waals surface area contributed by atoms with Crippen molar-refractivity contribution < 1.29 is 4.79 Å². The van der Waals surface area contributed by atoms with Crippen LogP contribution in [0.1, 0.15) is 49.5 Å². The molecule has 0 atom stereocenters. The highest BCUT2D eigenvalue weighted by atomic mass is 16.1. The lowest BCUT2D eigenvalue weighted by atomic mass is 9.92. The number of aryl methyl sites for hydroxylation is 1.